The Kier molecular flexibility index (Phi) is 3.97. The minimum atomic E-state index is -0.0326. The Morgan fingerprint density at radius 1 is 1.37 bits per heavy atom. The summed E-state index contributed by atoms with van der Waals surface area (Å²) >= 11 is 0. The number of aromatic nitrogens is 1. The molecule has 0 amide bonds. The van der Waals surface area contributed by atoms with Gasteiger partial charge in [-0.2, -0.15) is 0 Å². The van der Waals surface area contributed by atoms with Gasteiger partial charge >= 0.3 is 0 Å². The minimum absolute atomic E-state index is 0.0326. The Labute approximate surface area is 111 Å². The summed E-state index contributed by atoms with van der Waals surface area (Å²) in [5.41, 5.74) is 7.20. The maximum atomic E-state index is 8.74. The molecule has 0 aliphatic rings. The van der Waals surface area contributed by atoms with Gasteiger partial charge in [0.1, 0.15) is 5.75 Å². The monoisotopic (exact) mass is 257 g/mol. The number of amidine groups is 1. The summed E-state index contributed by atoms with van der Waals surface area (Å²) in [6, 6.07) is 11.1. The van der Waals surface area contributed by atoms with E-state index < -0.39 is 0 Å². The first-order chi connectivity index (χ1) is 9.24. The Balaban J connectivity index is 2.33. The second-order valence-corrected chi connectivity index (χ2v) is 3.94. The van der Waals surface area contributed by atoms with Crippen molar-refractivity contribution in [3.63, 3.8) is 0 Å². The van der Waals surface area contributed by atoms with Crippen molar-refractivity contribution in [1.29, 1.82) is 0 Å². The fourth-order valence-electron chi connectivity index (χ4n) is 1.66. The number of oxime groups is 1. The van der Waals surface area contributed by atoms with E-state index in [-0.39, 0.29) is 5.84 Å². The Morgan fingerprint density at radius 2 is 2.21 bits per heavy atom. The van der Waals surface area contributed by atoms with Gasteiger partial charge in [0, 0.05) is 6.20 Å². The first-order valence-corrected chi connectivity index (χ1v) is 5.94. The van der Waals surface area contributed by atoms with Crippen LogP contribution in [0, 0.1) is 0 Å². The van der Waals surface area contributed by atoms with Crippen LogP contribution in [0.25, 0.3) is 0 Å². The molecular weight excluding hydrogens is 242 g/mol. The van der Waals surface area contributed by atoms with Crippen LogP contribution in [-0.4, -0.2) is 16.0 Å². The number of nitrogens with zero attached hydrogens (tertiary/aromatic N) is 2. The van der Waals surface area contributed by atoms with Crippen LogP contribution in [0.15, 0.2) is 47.8 Å². The Morgan fingerprint density at radius 3 is 2.95 bits per heavy atom. The van der Waals surface area contributed by atoms with Crippen LogP contribution in [0.3, 0.4) is 0 Å². The molecule has 2 aromatic rings. The lowest BCUT2D eigenvalue weighted by molar-refractivity contribution is 0.318. The van der Waals surface area contributed by atoms with Crippen LogP contribution in [0.4, 0.5) is 0 Å². The number of aryl methyl sites for hydroxylation is 1. The average molecular weight is 257 g/mol. The number of pyridine rings is 1. The lowest BCUT2D eigenvalue weighted by Gasteiger charge is -2.09. The van der Waals surface area contributed by atoms with Gasteiger partial charge in [-0.15, -0.1) is 0 Å². The predicted octanol–water partition coefficient (Wildman–Crippen LogP) is 2.53. The van der Waals surface area contributed by atoms with Gasteiger partial charge in [0.05, 0.1) is 5.56 Å². The van der Waals surface area contributed by atoms with Crippen LogP contribution in [0.2, 0.25) is 0 Å². The highest BCUT2D eigenvalue weighted by molar-refractivity contribution is 5.99. The topological polar surface area (TPSA) is 80.7 Å². The van der Waals surface area contributed by atoms with Crippen LogP contribution >= 0.6 is 0 Å². The fourth-order valence-corrected chi connectivity index (χ4v) is 1.66. The quantitative estimate of drug-likeness (QED) is 0.381. The van der Waals surface area contributed by atoms with Gasteiger partial charge in [-0.05, 0) is 36.2 Å². The van der Waals surface area contributed by atoms with E-state index >= 15 is 0 Å². The fraction of sp³-hybridized carbons (Fsp3) is 0.143. The number of nitrogens with two attached hydrogens (primary N) is 1. The molecule has 1 heterocycles. The standard InChI is InChI=1S/C14H15N3O2/c1-2-10-5-3-6-11(9-10)19-14-12(13(15)17-18)7-4-8-16-14/h3-9,18H,2H2,1H3,(H2,15,17). The van der Waals surface area contributed by atoms with Crippen LogP contribution < -0.4 is 10.5 Å². The lowest BCUT2D eigenvalue weighted by atomic mass is 10.2. The molecule has 2 rings (SSSR count). The molecular formula is C14H15N3O2. The molecule has 5 heteroatoms. The molecule has 0 bridgehead atoms. The molecule has 0 saturated heterocycles. The van der Waals surface area contributed by atoms with E-state index in [1.807, 2.05) is 24.3 Å². The van der Waals surface area contributed by atoms with E-state index in [1.54, 1.807) is 18.3 Å². The highest BCUT2D eigenvalue weighted by atomic mass is 16.5. The van der Waals surface area contributed by atoms with Crippen molar-refractivity contribution in [1.82, 2.24) is 4.98 Å². The first-order valence-electron chi connectivity index (χ1n) is 5.94. The third-order valence-corrected chi connectivity index (χ3v) is 2.68. The summed E-state index contributed by atoms with van der Waals surface area (Å²) in [7, 11) is 0. The zero-order valence-electron chi connectivity index (χ0n) is 10.6. The van der Waals surface area contributed by atoms with Crippen molar-refractivity contribution in [2.24, 2.45) is 10.9 Å². The summed E-state index contributed by atoms with van der Waals surface area (Å²) < 4.78 is 5.69. The molecule has 0 atom stereocenters. The molecule has 0 saturated carbocycles. The highest BCUT2D eigenvalue weighted by Gasteiger charge is 2.10. The van der Waals surface area contributed by atoms with Crippen molar-refractivity contribution in [2.75, 3.05) is 0 Å². The number of hydrogen-bond donors (Lipinski definition) is 2. The summed E-state index contributed by atoms with van der Waals surface area (Å²) in [6.45, 7) is 2.07. The summed E-state index contributed by atoms with van der Waals surface area (Å²) in [5.74, 6) is 0.950. The lowest BCUT2D eigenvalue weighted by Crippen LogP contribution is -2.14. The van der Waals surface area contributed by atoms with Gasteiger partial charge in [0.25, 0.3) is 0 Å². The molecule has 0 spiro atoms. The van der Waals surface area contributed by atoms with Crippen LogP contribution in [0.5, 0.6) is 11.6 Å². The Hall–Kier alpha value is -2.56. The normalized spacial score (nSPS) is 11.3. The van der Waals surface area contributed by atoms with E-state index in [1.165, 1.54) is 5.56 Å². The Bertz CT molecular complexity index is 597. The number of hydrogen-bond acceptors (Lipinski definition) is 4. The first kappa shape index (κ1) is 12.9. The molecule has 0 fully saturated rings. The smallest absolute Gasteiger partial charge is 0.230 e. The predicted molar refractivity (Wildman–Crippen MR) is 72.6 cm³/mol. The molecule has 1 aromatic heterocycles. The molecule has 19 heavy (non-hydrogen) atoms. The van der Waals surface area contributed by atoms with Crippen molar-refractivity contribution >= 4 is 5.84 Å². The average Bonchev–Trinajstić information content (AvgIpc) is 2.47. The van der Waals surface area contributed by atoms with E-state index in [4.69, 9.17) is 15.7 Å². The third-order valence-electron chi connectivity index (χ3n) is 2.68. The second-order valence-electron chi connectivity index (χ2n) is 3.94. The molecule has 3 N–H and O–H groups in total. The van der Waals surface area contributed by atoms with Crippen LogP contribution in [0.1, 0.15) is 18.1 Å². The second kappa shape index (κ2) is 5.86. The van der Waals surface area contributed by atoms with Gasteiger partial charge in [0.15, 0.2) is 5.84 Å². The summed E-state index contributed by atoms with van der Waals surface area (Å²) in [6.07, 6.45) is 2.51. The number of ether oxygens (including phenoxy) is 1. The van der Waals surface area contributed by atoms with Crippen molar-refractivity contribution in [3.8, 4) is 11.6 Å². The van der Waals surface area contributed by atoms with E-state index in [0.717, 1.165) is 6.42 Å². The van der Waals surface area contributed by atoms with Gasteiger partial charge in [-0.25, -0.2) is 4.98 Å². The summed E-state index contributed by atoms with van der Waals surface area (Å²) in [5, 5.41) is 11.7. The molecule has 5 nitrogen and oxygen atoms in total. The highest BCUT2D eigenvalue weighted by Crippen LogP contribution is 2.23. The molecule has 1 aromatic carbocycles. The largest absolute Gasteiger partial charge is 0.438 e. The maximum Gasteiger partial charge on any atom is 0.230 e. The maximum absolute atomic E-state index is 8.74. The van der Waals surface area contributed by atoms with E-state index in [0.29, 0.717) is 17.2 Å². The molecule has 98 valence electrons. The van der Waals surface area contributed by atoms with E-state index in [9.17, 15) is 0 Å². The zero-order valence-corrected chi connectivity index (χ0v) is 10.6. The molecule has 0 radical (unpaired) electrons. The summed E-state index contributed by atoms with van der Waals surface area (Å²) in [4.78, 5) is 4.10. The zero-order chi connectivity index (χ0) is 13.7. The van der Waals surface area contributed by atoms with Gasteiger partial charge < -0.3 is 15.7 Å². The molecule has 0 aliphatic heterocycles. The number of rotatable bonds is 4. The third kappa shape index (κ3) is 3.01. The van der Waals surface area contributed by atoms with Crippen molar-refractivity contribution in [2.45, 2.75) is 13.3 Å². The van der Waals surface area contributed by atoms with Crippen molar-refractivity contribution < 1.29 is 9.94 Å². The van der Waals surface area contributed by atoms with Gasteiger partial charge in [0.2, 0.25) is 5.88 Å². The van der Waals surface area contributed by atoms with Gasteiger partial charge in [-0.1, -0.05) is 24.2 Å². The van der Waals surface area contributed by atoms with Gasteiger partial charge in [-0.3, -0.25) is 0 Å². The molecule has 0 unspecified atom stereocenters. The van der Waals surface area contributed by atoms with Crippen molar-refractivity contribution in [3.05, 3.63) is 53.7 Å². The molecule has 0 aliphatic carbocycles. The number of benzene rings is 1. The van der Waals surface area contributed by atoms with E-state index in [2.05, 4.69) is 17.1 Å². The SMILES string of the molecule is CCc1cccc(Oc2ncccc2/C(N)=N/O)c1. The minimum Gasteiger partial charge on any atom is -0.438 e. The van der Waals surface area contributed by atoms with Crippen LogP contribution in [-0.2, 0) is 6.42 Å².